The van der Waals surface area contributed by atoms with Gasteiger partial charge < -0.3 is 16.4 Å². The van der Waals surface area contributed by atoms with Gasteiger partial charge in [0.15, 0.2) is 0 Å². The summed E-state index contributed by atoms with van der Waals surface area (Å²) < 4.78 is 0. The first-order valence-electron chi connectivity index (χ1n) is 6.63. The zero-order valence-corrected chi connectivity index (χ0v) is 12.4. The maximum atomic E-state index is 12.0. The van der Waals surface area contributed by atoms with Crippen LogP contribution in [0.3, 0.4) is 0 Å². The van der Waals surface area contributed by atoms with E-state index >= 15 is 0 Å². The molecule has 5 nitrogen and oxygen atoms in total. The summed E-state index contributed by atoms with van der Waals surface area (Å²) in [5.74, 6) is -0.598. The van der Waals surface area contributed by atoms with Crippen LogP contribution < -0.4 is 16.4 Å². The maximum Gasteiger partial charge on any atom is 0.246 e. The Bertz CT molecular complexity index is 466. The van der Waals surface area contributed by atoms with E-state index in [-0.39, 0.29) is 17.2 Å². The minimum absolute atomic E-state index is 0.273. The van der Waals surface area contributed by atoms with E-state index < -0.39 is 12.1 Å². The van der Waals surface area contributed by atoms with Crippen LogP contribution >= 0.6 is 0 Å². The van der Waals surface area contributed by atoms with Crippen molar-refractivity contribution in [1.29, 1.82) is 0 Å². The average Bonchev–Trinajstić information content (AvgIpc) is 2.37. The molecule has 0 aromatic heterocycles. The van der Waals surface area contributed by atoms with Gasteiger partial charge in [0, 0.05) is 5.69 Å². The van der Waals surface area contributed by atoms with Crippen molar-refractivity contribution in [2.24, 2.45) is 11.1 Å². The highest BCUT2D eigenvalue weighted by Gasteiger charge is 2.29. The highest BCUT2D eigenvalue weighted by molar-refractivity contribution is 5.97. The van der Waals surface area contributed by atoms with E-state index in [0.717, 1.165) is 0 Å². The van der Waals surface area contributed by atoms with Crippen LogP contribution in [0, 0.1) is 5.41 Å². The van der Waals surface area contributed by atoms with Gasteiger partial charge in [-0.2, -0.15) is 0 Å². The number of para-hydroxylation sites is 1. The number of carbonyl (C=O) groups is 2. The summed E-state index contributed by atoms with van der Waals surface area (Å²) in [5.41, 5.74) is 6.20. The molecule has 2 atom stereocenters. The topological polar surface area (TPSA) is 84.2 Å². The molecule has 0 heterocycles. The second-order valence-electron chi connectivity index (χ2n) is 5.93. The molecule has 0 radical (unpaired) electrons. The molecule has 0 aliphatic carbocycles. The molecule has 0 saturated carbocycles. The van der Waals surface area contributed by atoms with Crippen molar-refractivity contribution in [3.63, 3.8) is 0 Å². The zero-order chi connectivity index (χ0) is 15.3. The Hall–Kier alpha value is -1.88. The van der Waals surface area contributed by atoms with Crippen LogP contribution in [0.25, 0.3) is 0 Å². The van der Waals surface area contributed by atoms with Crippen molar-refractivity contribution in [3.8, 4) is 0 Å². The van der Waals surface area contributed by atoms with Crippen molar-refractivity contribution in [2.45, 2.75) is 39.8 Å². The van der Waals surface area contributed by atoms with E-state index in [4.69, 9.17) is 5.73 Å². The van der Waals surface area contributed by atoms with Crippen LogP contribution in [-0.4, -0.2) is 23.9 Å². The zero-order valence-electron chi connectivity index (χ0n) is 12.4. The largest absolute Gasteiger partial charge is 0.343 e. The van der Waals surface area contributed by atoms with E-state index in [1.165, 1.54) is 0 Å². The minimum atomic E-state index is -0.658. The first kappa shape index (κ1) is 16.2. The van der Waals surface area contributed by atoms with Crippen molar-refractivity contribution >= 4 is 17.5 Å². The fraction of sp³-hybridized carbons (Fsp3) is 0.467. The molecule has 0 spiro atoms. The number of hydrogen-bond acceptors (Lipinski definition) is 3. The Morgan fingerprint density at radius 1 is 1.10 bits per heavy atom. The van der Waals surface area contributed by atoms with Crippen LogP contribution in [0.15, 0.2) is 30.3 Å². The van der Waals surface area contributed by atoms with Crippen molar-refractivity contribution in [3.05, 3.63) is 30.3 Å². The molecular weight excluding hydrogens is 254 g/mol. The number of nitrogens with one attached hydrogen (secondary N) is 2. The lowest BCUT2D eigenvalue weighted by molar-refractivity contribution is -0.128. The van der Waals surface area contributed by atoms with Crippen molar-refractivity contribution in [1.82, 2.24) is 5.32 Å². The van der Waals surface area contributed by atoms with Gasteiger partial charge in [-0.15, -0.1) is 0 Å². The lowest BCUT2D eigenvalue weighted by atomic mass is 9.87. The van der Waals surface area contributed by atoms with E-state index in [0.29, 0.717) is 5.69 Å². The molecule has 5 heteroatoms. The van der Waals surface area contributed by atoms with Gasteiger partial charge in [-0.25, -0.2) is 0 Å². The molecule has 2 amide bonds. The average molecular weight is 277 g/mol. The Balaban J connectivity index is 2.56. The molecule has 110 valence electrons. The number of benzene rings is 1. The summed E-state index contributed by atoms with van der Waals surface area (Å²) in [6, 6.07) is 7.79. The number of nitrogens with two attached hydrogens (primary N) is 1. The summed E-state index contributed by atoms with van der Waals surface area (Å²) >= 11 is 0. The summed E-state index contributed by atoms with van der Waals surface area (Å²) in [6.45, 7) is 7.27. The number of carbonyl (C=O) groups excluding carboxylic acids is 2. The Morgan fingerprint density at radius 3 is 2.15 bits per heavy atom. The Morgan fingerprint density at radius 2 is 1.65 bits per heavy atom. The SMILES string of the molecule is CC(NC(=O)[C@@H](N)C(C)(C)C)C(=O)Nc1ccccc1. The number of rotatable bonds is 4. The van der Waals surface area contributed by atoms with Crippen LogP contribution in [0.4, 0.5) is 5.69 Å². The minimum Gasteiger partial charge on any atom is -0.343 e. The molecule has 0 aliphatic heterocycles. The fourth-order valence-corrected chi connectivity index (χ4v) is 1.53. The van der Waals surface area contributed by atoms with Crippen LogP contribution in [0.1, 0.15) is 27.7 Å². The van der Waals surface area contributed by atoms with Crippen molar-refractivity contribution < 1.29 is 9.59 Å². The molecule has 0 aliphatic rings. The molecule has 1 unspecified atom stereocenters. The second-order valence-corrected chi connectivity index (χ2v) is 5.93. The lowest BCUT2D eigenvalue weighted by Crippen LogP contribution is -2.53. The summed E-state index contributed by atoms with van der Waals surface area (Å²) in [6.07, 6.45) is 0. The van der Waals surface area contributed by atoms with Gasteiger partial charge in [0.25, 0.3) is 0 Å². The van der Waals surface area contributed by atoms with Gasteiger partial charge in [-0.1, -0.05) is 39.0 Å². The molecule has 0 fully saturated rings. The number of anilines is 1. The predicted molar refractivity (Wildman–Crippen MR) is 80.1 cm³/mol. The third-order valence-electron chi connectivity index (χ3n) is 3.01. The molecule has 0 saturated heterocycles. The fourth-order valence-electron chi connectivity index (χ4n) is 1.53. The molecule has 1 rings (SSSR count). The molecular formula is C15H23N3O2. The van der Waals surface area contributed by atoms with Crippen molar-refractivity contribution in [2.75, 3.05) is 5.32 Å². The van der Waals surface area contributed by atoms with Crippen LogP contribution in [0.2, 0.25) is 0 Å². The third kappa shape index (κ3) is 4.66. The van der Waals surface area contributed by atoms with Gasteiger partial charge in [0.05, 0.1) is 6.04 Å². The Labute approximate surface area is 119 Å². The first-order valence-corrected chi connectivity index (χ1v) is 6.63. The second kappa shape index (κ2) is 6.52. The van der Waals surface area contributed by atoms with E-state index in [1.807, 2.05) is 39.0 Å². The van der Waals surface area contributed by atoms with Gasteiger partial charge in [-0.3, -0.25) is 9.59 Å². The molecule has 1 aromatic rings. The van der Waals surface area contributed by atoms with Gasteiger partial charge in [-0.05, 0) is 24.5 Å². The van der Waals surface area contributed by atoms with Gasteiger partial charge in [0.2, 0.25) is 11.8 Å². The highest BCUT2D eigenvalue weighted by atomic mass is 16.2. The third-order valence-corrected chi connectivity index (χ3v) is 3.01. The van der Waals surface area contributed by atoms with E-state index in [9.17, 15) is 9.59 Å². The maximum absolute atomic E-state index is 12.0. The monoisotopic (exact) mass is 277 g/mol. The quantitative estimate of drug-likeness (QED) is 0.780. The number of amides is 2. The first-order chi connectivity index (χ1) is 9.21. The Kier molecular flexibility index (Phi) is 5.27. The molecule has 4 N–H and O–H groups in total. The summed E-state index contributed by atoms with van der Waals surface area (Å²) in [7, 11) is 0. The number of hydrogen-bond donors (Lipinski definition) is 3. The molecule has 1 aromatic carbocycles. The standard InChI is InChI=1S/C15H23N3O2/c1-10(17-14(20)12(16)15(2,3)4)13(19)18-11-8-6-5-7-9-11/h5-10,12H,16H2,1-4H3,(H,17,20)(H,18,19)/t10?,12-/m1/s1. The summed E-state index contributed by atoms with van der Waals surface area (Å²) in [5, 5.41) is 5.36. The normalized spacial score (nSPS) is 14.2. The van der Waals surface area contributed by atoms with E-state index in [2.05, 4.69) is 10.6 Å². The molecule has 20 heavy (non-hydrogen) atoms. The predicted octanol–water partition coefficient (Wildman–Crippen LogP) is 1.50. The molecule has 0 bridgehead atoms. The highest BCUT2D eigenvalue weighted by Crippen LogP contribution is 2.17. The lowest BCUT2D eigenvalue weighted by Gasteiger charge is -2.27. The van der Waals surface area contributed by atoms with Crippen LogP contribution in [-0.2, 0) is 9.59 Å². The van der Waals surface area contributed by atoms with Gasteiger partial charge in [0.1, 0.15) is 6.04 Å². The smallest absolute Gasteiger partial charge is 0.246 e. The summed E-state index contributed by atoms with van der Waals surface area (Å²) in [4.78, 5) is 23.9. The van der Waals surface area contributed by atoms with Gasteiger partial charge >= 0.3 is 0 Å². The van der Waals surface area contributed by atoms with Crippen LogP contribution in [0.5, 0.6) is 0 Å². The van der Waals surface area contributed by atoms with E-state index in [1.54, 1.807) is 19.1 Å².